The fourth-order valence-corrected chi connectivity index (χ4v) is 4.02. The van der Waals surface area contributed by atoms with Crippen LogP contribution in [0.15, 0.2) is 42.5 Å². The van der Waals surface area contributed by atoms with E-state index in [1.807, 2.05) is 25.1 Å². The second-order valence-corrected chi connectivity index (χ2v) is 7.62. The van der Waals surface area contributed by atoms with Crippen LogP contribution in [-0.4, -0.2) is 55.2 Å². The van der Waals surface area contributed by atoms with Crippen LogP contribution in [0.3, 0.4) is 0 Å². The van der Waals surface area contributed by atoms with Crippen molar-refractivity contribution in [2.75, 3.05) is 32.2 Å². The predicted molar refractivity (Wildman–Crippen MR) is 124 cm³/mol. The molecule has 1 atom stereocenters. The highest BCUT2D eigenvalue weighted by Gasteiger charge is 2.43. The first-order chi connectivity index (χ1) is 15.4. The van der Waals surface area contributed by atoms with E-state index in [9.17, 15) is 14.0 Å². The lowest BCUT2D eigenvalue weighted by Crippen LogP contribution is -2.50. The lowest BCUT2D eigenvalue weighted by molar-refractivity contribution is -0.122. The Morgan fingerprint density at radius 1 is 1.16 bits per heavy atom. The van der Waals surface area contributed by atoms with Crippen LogP contribution in [0.2, 0.25) is 0 Å². The van der Waals surface area contributed by atoms with Crippen LogP contribution in [0.1, 0.15) is 18.9 Å². The number of hydrogen-bond donors (Lipinski definition) is 1. The van der Waals surface area contributed by atoms with Gasteiger partial charge in [0.1, 0.15) is 11.9 Å². The highest BCUT2D eigenvalue weighted by molar-refractivity contribution is 7.80. The minimum absolute atomic E-state index is 0.00627. The van der Waals surface area contributed by atoms with Crippen molar-refractivity contribution in [1.82, 2.24) is 10.2 Å². The van der Waals surface area contributed by atoms with E-state index in [0.717, 1.165) is 10.5 Å². The van der Waals surface area contributed by atoms with Gasteiger partial charge in [-0.25, -0.2) is 9.29 Å². The molecule has 1 heterocycles. The Hall–Kier alpha value is -3.20. The summed E-state index contributed by atoms with van der Waals surface area (Å²) in [5.74, 6) is 0.0775. The van der Waals surface area contributed by atoms with Crippen LogP contribution in [0, 0.1) is 5.82 Å². The number of methoxy groups -OCH3 is 2. The fourth-order valence-electron chi connectivity index (χ4n) is 3.66. The van der Waals surface area contributed by atoms with E-state index in [4.69, 9.17) is 21.7 Å². The average molecular weight is 460 g/mol. The topological polar surface area (TPSA) is 71.1 Å². The van der Waals surface area contributed by atoms with Gasteiger partial charge >= 0.3 is 0 Å². The van der Waals surface area contributed by atoms with E-state index in [0.29, 0.717) is 41.8 Å². The van der Waals surface area contributed by atoms with Gasteiger partial charge in [0.25, 0.3) is 5.91 Å². The van der Waals surface area contributed by atoms with E-state index >= 15 is 0 Å². The van der Waals surface area contributed by atoms with Crippen LogP contribution >= 0.6 is 12.2 Å². The monoisotopic (exact) mass is 459 g/mol. The molecule has 1 N–H and O–H groups in total. The van der Waals surface area contributed by atoms with Gasteiger partial charge < -0.3 is 19.7 Å². The molecular formula is C23H26FN3O4S. The Balaban J connectivity index is 1.81. The number of carbonyl (C=O) groups excluding carboxylic acids is 2. The number of hydrogen-bond acceptors (Lipinski definition) is 5. The van der Waals surface area contributed by atoms with Gasteiger partial charge in [0, 0.05) is 13.1 Å². The Labute approximate surface area is 192 Å². The maximum absolute atomic E-state index is 13.3. The summed E-state index contributed by atoms with van der Waals surface area (Å²) in [7, 11) is 3.14. The molecule has 7 nitrogen and oxygen atoms in total. The highest BCUT2D eigenvalue weighted by atomic mass is 32.1. The first kappa shape index (κ1) is 23.5. The molecule has 170 valence electrons. The summed E-state index contributed by atoms with van der Waals surface area (Å²) in [6.07, 6.45) is 0.564. The van der Waals surface area contributed by atoms with Crippen molar-refractivity contribution in [3.8, 4) is 11.5 Å². The minimum atomic E-state index is -0.737. The van der Waals surface area contributed by atoms with Gasteiger partial charge in [0.2, 0.25) is 5.91 Å². The molecule has 2 aromatic carbocycles. The van der Waals surface area contributed by atoms with Crippen molar-refractivity contribution in [3.63, 3.8) is 0 Å². The molecule has 0 aliphatic carbocycles. The molecule has 0 unspecified atom stereocenters. The first-order valence-electron chi connectivity index (χ1n) is 10.3. The van der Waals surface area contributed by atoms with Crippen molar-refractivity contribution in [2.45, 2.75) is 25.8 Å². The van der Waals surface area contributed by atoms with Crippen LogP contribution in [0.25, 0.3) is 0 Å². The number of rotatable bonds is 8. The van der Waals surface area contributed by atoms with E-state index in [2.05, 4.69) is 5.32 Å². The molecule has 0 aromatic heterocycles. The number of nitrogens with one attached hydrogen (secondary N) is 1. The normalized spacial score (nSPS) is 15.6. The summed E-state index contributed by atoms with van der Waals surface area (Å²) in [5.41, 5.74) is 1.32. The summed E-state index contributed by atoms with van der Waals surface area (Å²) in [6, 6.07) is 10.2. The summed E-state index contributed by atoms with van der Waals surface area (Å²) < 4.78 is 23.9. The highest BCUT2D eigenvalue weighted by Crippen LogP contribution is 2.29. The number of amides is 2. The van der Waals surface area contributed by atoms with E-state index < -0.39 is 11.9 Å². The SMILES string of the molecule is CCNC(=S)N(CCc1ccc(OC)c(OC)c1)[C@H]1CC(=O)N(c2ccc(F)cc2)C1=O. The molecule has 2 aromatic rings. The lowest BCUT2D eigenvalue weighted by atomic mass is 10.1. The second-order valence-electron chi connectivity index (χ2n) is 7.23. The largest absolute Gasteiger partial charge is 0.493 e. The summed E-state index contributed by atoms with van der Waals surface area (Å²) in [5, 5.41) is 3.48. The molecule has 0 radical (unpaired) electrons. The Bertz CT molecular complexity index is 999. The number of thiocarbonyl (C=S) groups is 1. The number of nitrogens with zero attached hydrogens (tertiary/aromatic N) is 2. The molecule has 0 bridgehead atoms. The fraction of sp³-hybridized carbons (Fsp3) is 0.348. The Morgan fingerprint density at radius 3 is 2.47 bits per heavy atom. The summed E-state index contributed by atoms with van der Waals surface area (Å²) >= 11 is 5.52. The van der Waals surface area contributed by atoms with Crippen LogP contribution in [0.4, 0.5) is 10.1 Å². The van der Waals surface area contributed by atoms with Gasteiger partial charge in [-0.05, 0) is 67.5 Å². The van der Waals surface area contributed by atoms with Gasteiger partial charge in [0.05, 0.1) is 26.3 Å². The van der Waals surface area contributed by atoms with Gasteiger partial charge in [0.15, 0.2) is 16.6 Å². The van der Waals surface area contributed by atoms with Gasteiger partial charge in [-0.1, -0.05) is 6.07 Å². The maximum Gasteiger partial charge on any atom is 0.257 e. The van der Waals surface area contributed by atoms with E-state index in [1.54, 1.807) is 19.1 Å². The van der Waals surface area contributed by atoms with Crippen molar-refractivity contribution >= 4 is 34.8 Å². The zero-order chi connectivity index (χ0) is 23.3. The second kappa shape index (κ2) is 10.4. The Morgan fingerprint density at radius 2 is 1.84 bits per heavy atom. The van der Waals surface area contributed by atoms with Crippen LogP contribution in [0.5, 0.6) is 11.5 Å². The standard InChI is InChI=1S/C23H26FN3O4S/c1-4-25-23(32)26(12-11-15-5-10-19(30-2)20(13-15)31-3)18-14-21(28)27(22(18)29)17-8-6-16(24)7-9-17/h5-10,13,18H,4,11-12,14H2,1-3H3,(H,25,32)/t18-/m0/s1. The van der Waals surface area contributed by atoms with Crippen molar-refractivity contribution in [3.05, 3.63) is 53.8 Å². The molecule has 3 rings (SSSR count). The Kier molecular flexibility index (Phi) is 7.63. The van der Waals surface area contributed by atoms with Crippen molar-refractivity contribution in [1.29, 1.82) is 0 Å². The molecule has 0 saturated carbocycles. The smallest absolute Gasteiger partial charge is 0.257 e. The summed E-state index contributed by atoms with van der Waals surface area (Å²) in [6.45, 7) is 2.91. The van der Waals surface area contributed by atoms with E-state index in [-0.39, 0.29) is 18.2 Å². The zero-order valence-electron chi connectivity index (χ0n) is 18.3. The van der Waals surface area contributed by atoms with E-state index in [1.165, 1.54) is 24.3 Å². The molecule has 1 fully saturated rings. The number of halogens is 1. The third-order valence-corrected chi connectivity index (χ3v) is 5.64. The zero-order valence-corrected chi connectivity index (χ0v) is 19.1. The third-order valence-electron chi connectivity index (χ3n) is 5.26. The number of benzene rings is 2. The summed E-state index contributed by atoms with van der Waals surface area (Å²) in [4.78, 5) is 28.7. The molecule has 0 spiro atoms. The molecule has 9 heteroatoms. The number of imide groups is 1. The predicted octanol–water partition coefficient (Wildman–Crippen LogP) is 2.91. The molecule has 1 aliphatic heterocycles. The first-order valence-corrected chi connectivity index (χ1v) is 10.7. The molecule has 2 amide bonds. The van der Waals surface area contributed by atoms with Gasteiger partial charge in [-0.15, -0.1) is 0 Å². The molecule has 1 saturated heterocycles. The van der Waals surface area contributed by atoms with Crippen LogP contribution in [-0.2, 0) is 16.0 Å². The average Bonchev–Trinajstić information content (AvgIpc) is 3.08. The minimum Gasteiger partial charge on any atom is -0.493 e. The number of ether oxygens (including phenoxy) is 2. The quantitative estimate of drug-likeness (QED) is 0.481. The lowest BCUT2D eigenvalue weighted by Gasteiger charge is -2.30. The number of anilines is 1. The molecular weight excluding hydrogens is 433 g/mol. The van der Waals surface area contributed by atoms with Crippen molar-refractivity contribution < 1.29 is 23.5 Å². The van der Waals surface area contributed by atoms with Gasteiger partial charge in [-0.3, -0.25) is 9.59 Å². The van der Waals surface area contributed by atoms with Crippen LogP contribution < -0.4 is 19.7 Å². The maximum atomic E-state index is 13.3. The van der Waals surface area contributed by atoms with Crippen molar-refractivity contribution in [2.24, 2.45) is 0 Å². The van der Waals surface area contributed by atoms with Gasteiger partial charge in [-0.2, -0.15) is 0 Å². The third kappa shape index (κ3) is 4.99. The molecule has 1 aliphatic rings. The number of carbonyl (C=O) groups is 2. The molecule has 32 heavy (non-hydrogen) atoms.